The summed E-state index contributed by atoms with van der Waals surface area (Å²) in [5.74, 6) is 0.472. The molecular weight excluding hydrogens is 294 g/mol. The van der Waals surface area contributed by atoms with Crippen LogP contribution < -0.4 is 15.8 Å². The minimum Gasteiger partial charge on any atom is -0.490 e. The molecule has 0 fully saturated rings. The van der Waals surface area contributed by atoms with E-state index in [-0.39, 0.29) is 11.9 Å². The molecule has 1 heterocycles. The fourth-order valence-corrected chi connectivity index (χ4v) is 2.15. The van der Waals surface area contributed by atoms with Crippen LogP contribution in [0.25, 0.3) is 10.9 Å². The average molecular weight is 317 g/mol. The Labute approximate surface area is 135 Å². The van der Waals surface area contributed by atoms with Crippen LogP contribution in [-0.2, 0) is 0 Å². The number of H-pyrrole nitrogens is 1. The maximum absolute atomic E-state index is 12.2. The number of benzene rings is 1. The second-order valence-electron chi connectivity index (χ2n) is 5.57. The number of amides is 1. The molecule has 124 valence electrons. The van der Waals surface area contributed by atoms with Crippen LogP contribution >= 0.6 is 0 Å². The Hall–Kier alpha value is -2.54. The Balaban J connectivity index is 2.29. The maximum atomic E-state index is 12.2. The number of rotatable bonds is 5. The smallest absolute Gasteiger partial charge is 0.274 e. The molecule has 7 heteroatoms. The minimum atomic E-state index is -0.331. The lowest BCUT2D eigenvalue weighted by atomic mass is 10.1. The number of hydrogen-bond donors (Lipinski definition) is 3. The highest BCUT2D eigenvalue weighted by atomic mass is 16.5. The lowest BCUT2D eigenvalue weighted by Gasteiger charge is -2.12. The first-order valence-electron chi connectivity index (χ1n) is 7.36. The van der Waals surface area contributed by atoms with E-state index in [4.69, 9.17) is 10.5 Å². The highest BCUT2D eigenvalue weighted by Gasteiger charge is 2.14. The van der Waals surface area contributed by atoms with Gasteiger partial charge in [-0.25, -0.2) is 0 Å². The molecule has 2 rings (SSSR count). The van der Waals surface area contributed by atoms with E-state index in [0.717, 1.165) is 28.8 Å². The van der Waals surface area contributed by atoms with E-state index in [1.165, 1.54) is 7.05 Å². The second-order valence-corrected chi connectivity index (χ2v) is 5.57. The molecule has 23 heavy (non-hydrogen) atoms. The second kappa shape index (κ2) is 7.15. The molecule has 1 amide bonds. The summed E-state index contributed by atoms with van der Waals surface area (Å²) in [6, 6.07) is 5.68. The fraction of sp³-hybridized carbons (Fsp3) is 0.375. The van der Waals surface area contributed by atoms with Gasteiger partial charge in [0.2, 0.25) is 0 Å². The number of nitrogens with two attached hydrogens (primary N) is 1. The van der Waals surface area contributed by atoms with Crippen molar-refractivity contribution in [1.82, 2.24) is 15.2 Å². The minimum absolute atomic E-state index is 0.0767. The Kier molecular flexibility index (Phi) is 5.23. The topological polar surface area (TPSA) is 95.7 Å². The molecule has 4 N–H and O–H groups in total. The summed E-state index contributed by atoms with van der Waals surface area (Å²) in [7, 11) is 5.50. The van der Waals surface area contributed by atoms with Gasteiger partial charge in [-0.3, -0.25) is 15.1 Å². The molecule has 0 aliphatic carbocycles. The first-order chi connectivity index (χ1) is 10.9. The van der Waals surface area contributed by atoms with E-state index < -0.39 is 0 Å². The number of guanidine groups is 1. The van der Waals surface area contributed by atoms with Gasteiger partial charge in [-0.05, 0) is 38.7 Å². The van der Waals surface area contributed by atoms with Gasteiger partial charge in [0.15, 0.2) is 5.96 Å². The SMILES string of the molecule is CN=C(N)NC(=O)c1cc2c(C)ccc(OCCN(C)C)c2[nH]1. The number of nitrogens with one attached hydrogen (secondary N) is 2. The summed E-state index contributed by atoms with van der Waals surface area (Å²) in [6.45, 7) is 3.37. The van der Waals surface area contributed by atoms with E-state index in [1.54, 1.807) is 6.07 Å². The van der Waals surface area contributed by atoms with Crippen molar-refractivity contribution in [2.45, 2.75) is 6.92 Å². The Morgan fingerprint density at radius 1 is 1.43 bits per heavy atom. The zero-order valence-electron chi connectivity index (χ0n) is 13.9. The van der Waals surface area contributed by atoms with E-state index in [2.05, 4.69) is 15.3 Å². The first kappa shape index (κ1) is 16.8. The molecule has 7 nitrogen and oxygen atoms in total. The van der Waals surface area contributed by atoms with Crippen LogP contribution in [0.3, 0.4) is 0 Å². The Morgan fingerprint density at radius 2 is 2.17 bits per heavy atom. The Bertz CT molecular complexity index is 733. The van der Waals surface area contributed by atoms with Gasteiger partial charge in [-0.1, -0.05) is 6.07 Å². The van der Waals surface area contributed by atoms with Crippen LogP contribution in [0.2, 0.25) is 0 Å². The van der Waals surface area contributed by atoms with Crippen LogP contribution in [0.15, 0.2) is 23.2 Å². The van der Waals surface area contributed by atoms with Crippen molar-refractivity contribution >= 4 is 22.8 Å². The van der Waals surface area contributed by atoms with Crippen molar-refractivity contribution in [2.75, 3.05) is 34.3 Å². The first-order valence-corrected chi connectivity index (χ1v) is 7.36. The predicted molar refractivity (Wildman–Crippen MR) is 92.1 cm³/mol. The number of carbonyl (C=O) groups excluding carboxylic acids is 1. The van der Waals surface area contributed by atoms with Crippen molar-refractivity contribution in [1.29, 1.82) is 0 Å². The van der Waals surface area contributed by atoms with Crippen LogP contribution in [0.5, 0.6) is 5.75 Å². The standard InChI is InChI=1S/C16H23N5O2/c1-10-5-6-13(23-8-7-21(3)4)14-11(10)9-12(19-14)15(22)20-16(17)18-2/h5-6,9,19H,7-8H2,1-4H3,(H3,17,18,20,22). The lowest BCUT2D eigenvalue weighted by Crippen LogP contribution is -2.36. The number of aromatic nitrogens is 1. The monoisotopic (exact) mass is 317 g/mol. The molecule has 0 aliphatic rings. The van der Waals surface area contributed by atoms with Crippen molar-refractivity contribution in [2.24, 2.45) is 10.7 Å². The molecule has 0 atom stereocenters. The van der Waals surface area contributed by atoms with Gasteiger partial charge >= 0.3 is 0 Å². The molecule has 1 aromatic carbocycles. The number of nitrogens with zero attached hydrogens (tertiary/aromatic N) is 2. The summed E-state index contributed by atoms with van der Waals surface area (Å²) in [5, 5.41) is 3.46. The number of fused-ring (bicyclic) bond motifs is 1. The van der Waals surface area contributed by atoms with Crippen molar-refractivity contribution in [3.8, 4) is 5.75 Å². The molecule has 0 unspecified atom stereocenters. The van der Waals surface area contributed by atoms with Crippen LogP contribution in [0.1, 0.15) is 16.1 Å². The van der Waals surface area contributed by atoms with E-state index in [9.17, 15) is 4.79 Å². The largest absolute Gasteiger partial charge is 0.490 e. The molecule has 0 bridgehead atoms. The fourth-order valence-electron chi connectivity index (χ4n) is 2.15. The van der Waals surface area contributed by atoms with Gasteiger partial charge in [-0.2, -0.15) is 0 Å². The van der Waals surface area contributed by atoms with Gasteiger partial charge in [0.05, 0.1) is 5.52 Å². The van der Waals surface area contributed by atoms with E-state index in [0.29, 0.717) is 12.3 Å². The van der Waals surface area contributed by atoms with Gasteiger partial charge < -0.3 is 20.4 Å². The van der Waals surface area contributed by atoms with Gasteiger partial charge in [0.25, 0.3) is 5.91 Å². The summed E-state index contributed by atoms with van der Waals surface area (Å²) < 4.78 is 5.83. The number of carbonyl (C=O) groups is 1. The third-order valence-electron chi connectivity index (χ3n) is 3.50. The van der Waals surface area contributed by atoms with Crippen LogP contribution in [0, 0.1) is 6.92 Å². The van der Waals surface area contributed by atoms with Gasteiger partial charge in [-0.15, -0.1) is 0 Å². The van der Waals surface area contributed by atoms with Gasteiger partial charge in [0.1, 0.15) is 18.1 Å². The third kappa shape index (κ3) is 4.01. The van der Waals surface area contributed by atoms with Crippen molar-refractivity contribution in [3.05, 3.63) is 29.5 Å². The zero-order chi connectivity index (χ0) is 17.0. The normalized spacial score (nSPS) is 12.0. The predicted octanol–water partition coefficient (Wildman–Crippen LogP) is 1.09. The summed E-state index contributed by atoms with van der Waals surface area (Å²) in [4.78, 5) is 21.0. The highest BCUT2D eigenvalue weighted by Crippen LogP contribution is 2.28. The number of ether oxygens (including phenoxy) is 1. The van der Waals surface area contributed by atoms with Crippen LogP contribution in [0.4, 0.5) is 0 Å². The average Bonchev–Trinajstić information content (AvgIpc) is 2.95. The van der Waals surface area contributed by atoms with Gasteiger partial charge in [0, 0.05) is 19.0 Å². The quantitative estimate of drug-likeness (QED) is 0.568. The van der Waals surface area contributed by atoms with E-state index in [1.807, 2.05) is 38.1 Å². The molecular formula is C16H23N5O2. The van der Waals surface area contributed by atoms with Crippen LogP contribution in [-0.4, -0.2) is 56.0 Å². The summed E-state index contributed by atoms with van der Waals surface area (Å²) in [6.07, 6.45) is 0. The molecule has 0 radical (unpaired) electrons. The lowest BCUT2D eigenvalue weighted by molar-refractivity contribution is 0.0972. The number of hydrogen-bond acceptors (Lipinski definition) is 4. The summed E-state index contributed by atoms with van der Waals surface area (Å²) >= 11 is 0. The van der Waals surface area contributed by atoms with E-state index >= 15 is 0 Å². The number of likely N-dealkylation sites (N-methyl/N-ethyl adjacent to an activating group) is 1. The Morgan fingerprint density at radius 3 is 2.83 bits per heavy atom. The highest BCUT2D eigenvalue weighted by molar-refractivity contribution is 6.07. The third-order valence-corrected chi connectivity index (χ3v) is 3.50. The van der Waals surface area contributed by atoms with Crippen molar-refractivity contribution in [3.63, 3.8) is 0 Å². The zero-order valence-corrected chi connectivity index (χ0v) is 13.9. The molecule has 0 aliphatic heterocycles. The molecule has 1 aromatic heterocycles. The van der Waals surface area contributed by atoms with Crippen molar-refractivity contribution < 1.29 is 9.53 Å². The molecule has 0 saturated heterocycles. The summed E-state index contributed by atoms with van der Waals surface area (Å²) in [5.41, 5.74) is 7.82. The molecule has 0 spiro atoms. The number of aromatic amines is 1. The molecule has 2 aromatic rings. The number of aryl methyl sites for hydroxylation is 1. The molecule has 0 saturated carbocycles. The maximum Gasteiger partial charge on any atom is 0.274 e. The number of aliphatic imine (C=N–C) groups is 1.